The van der Waals surface area contributed by atoms with E-state index in [1.807, 2.05) is 48.5 Å². The Morgan fingerprint density at radius 3 is 2.32 bits per heavy atom. The highest BCUT2D eigenvalue weighted by molar-refractivity contribution is 8.00. The average molecular weight is 329 g/mol. The van der Waals surface area contributed by atoms with Gasteiger partial charge in [-0.25, -0.2) is 0 Å². The minimum Gasteiger partial charge on any atom is -0.459 e. The van der Waals surface area contributed by atoms with Crippen LogP contribution < -0.4 is 5.32 Å². The molecule has 2 saturated heterocycles. The van der Waals surface area contributed by atoms with Crippen LogP contribution >= 0.6 is 11.8 Å². The third-order valence-corrected chi connectivity index (χ3v) is 5.51. The maximum atomic E-state index is 12.1. The van der Waals surface area contributed by atoms with Gasteiger partial charge in [0.25, 0.3) is 0 Å². The van der Waals surface area contributed by atoms with Crippen LogP contribution in [0.4, 0.5) is 0 Å². The number of carbonyl (C=O) groups is 1. The summed E-state index contributed by atoms with van der Waals surface area (Å²) in [7, 11) is -0.243. The summed E-state index contributed by atoms with van der Waals surface area (Å²) in [5.41, 5.74) is -1.08. The maximum Gasteiger partial charge on any atom is 0.460 e. The average Bonchev–Trinajstić information content (AvgIpc) is 2.80. The van der Waals surface area contributed by atoms with E-state index in [9.17, 15) is 4.79 Å². The van der Waals surface area contributed by atoms with Crippen molar-refractivity contribution in [2.45, 2.75) is 83.0 Å². The predicted octanol–water partition coefficient (Wildman–Crippen LogP) is 2.45. The van der Waals surface area contributed by atoms with Crippen molar-refractivity contribution in [2.75, 3.05) is 5.75 Å². The number of nitrogens with one attached hydrogen (secondary N) is 1. The molecule has 7 heteroatoms. The Hall–Kier alpha value is -0.235. The molecule has 0 aromatic carbocycles. The molecule has 2 heterocycles. The highest BCUT2D eigenvalue weighted by Gasteiger charge is 2.52. The molecule has 0 saturated carbocycles. The highest BCUT2D eigenvalue weighted by Crippen LogP contribution is 2.39. The summed E-state index contributed by atoms with van der Waals surface area (Å²) in [5, 5.41) is 3.47. The molecular weight excluding hydrogens is 301 g/mol. The quantitative estimate of drug-likeness (QED) is 0.634. The standard InChI is InChI=1S/C15H28BNO4S/c1-13(2,3)19-12(18)10-9-22-11(17-10)8-16-20-14(4,5)15(6,7)21-16/h10-11,17H,8-9H2,1-7H3. The molecule has 2 aliphatic heterocycles. The van der Waals surface area contributed by atoms with E-state index < -0.39 is 5.60 Å². The van der Waals surface area contributed by atoms with Gasteiger partial charge < -0.3 is 14.0 Å². The lowest BCUT2D eigenvalue weighted by molar-refractivity contribution is -0.156. The molecule has 0 amide bonds. The molecule has 2 aliphatic rings. The first-order chi connectivity index (χ1) is 9.90. The molecule has 2 atom stereocenters. The van der Waals surface area contributed by atoms with E-state index in [2.05, 4.69) is 5.32 Å². The van der Waals surface area contributed by atoms with Crippen LogP contribution in [0.25, 0.3) is 0 Å². The SMILES string of the molecule is CC(C)(C)OC(=O)C1CSC(CB2OC(C)(C)C(C)(C)O2)N1. The van der Waals surface area contributed by atoms with Crippen molar-refractivity contribution in [3.8, 4) is 0 Å². The van der Waals surface area contributed by atoms with Crippen LogP contribution in [0.3, 0.4) is 0 Å². The first kappa shape index (κ1) is 18.1. The van der Waals surface area contributed by atoms with Gasteiger partial charge in [-0.2, -0.15) is 0 Å². The van der Waals surface area contributed by atoms with E-state index in [1.54, 1.807) is 11.8 Å². The Labute approximate surface area is 138 Å². The van der Waals surface area contributed by atoms with Crippen molar-refractivity contribution < 1.29 is 18.8 Å². The molecule has 2 unspecified atom stereocenters. The van der Waals surface area contributed by atoms with Gasteiger partial charge in [0.2, 0.25) is 0 Å². The fraction of sp³-hybridized carbons (Fsp3) is 0.933. The van der Waals surface area contributed by atoms with Crippen LogP contribution in [0.5, 0.6) is 0 Å². The molecule has 0 bridgehead atoms. The Balaban J connectivity index is 1.84. The van der Waals surface area contributed by atoms with Crippen molar-refractivity contribution in [3.63, 3.8) is 0 Å². The molecule has 1 N–H and O–H groups in total. The number of ether oxygens (including phenoxy) is 1. The normalized spacial score (nSPS) is 30.6. The Morgan fingerprint density at radius 1 is 1.27 bits per heavy atom. The second-order valence-electron chi connectivity index (χ2n) is 8.00. The van der Waals surface area contributed by atoms with E-state index in [0.29, 0.717) is 0 Å². The van der Waals surface area contributed by atoms with Gasteiger partial charge in [0.1, 0.15) is 11.6 Å². The third-order valence-electron chi connectivity index (χ3n) is 4.25. The molecule has 0 aromatic rings. The first-order valence-electron chi connectivity index (χ1n) is 7.86. The monoisotopic (exact) mass is 329 g/mol. The van der Waals surface area contributed by atoms with Crippen LogP contribution in [-0.2, 0) is 18.8 Å². The Bertz CT molecular complexity index is 420. The third kappa shape index (κ3) is 4.19. The summed E-state index contributed by atoms with van der Waals surface area (Å²) in [6.45, 7) is 13.8. The van der Waals surface area contributed by atoms with Crippen molar-refractivity contribution in [1.29, 1.82) is 0 Å². The zero-order chi connectivity index (χ0) is 16.8. The molecule has 0 radical (unpaired) electrons. The van der Waals surface area contributed by atoms with Crippen molar-refractivity contribution in [1.82, 2.24) is 5.32 Å². The van der Waals surface area contributed by atoms with Gasteiger partial charge in [0.05, 0.1) is 16.6 Å². The van der Waals surface area contributed by atoms with Crippen LogP contribution in [0.15, 0.2) is 0 Å². The summed E-state index contributed by atoms with van der Waals surface area (Å²) in [6, 6.07) is -0.253. The van der Waals surface area contributed by atoms with Crippen molar-refractivity contribution >= 4 is 24.8 Å². The van der Waals surface area contributed by atoms with Gasteiger partial charge in [-0.05, 0) is 48.5 Å². The van der Waals surface area contributed by atoms with Crippen LogP contribution in [0.1, 0.15) is 48.5 Å². The van der Waals surface area contributed by atoms with E-state index in [4.69, 9.17) is 14.0 Å². The second kappa shape index (κ2) is 6.00. The van der Waals surface area contributed by atoms with Crippen LogP contribution in [0.2, 0.25) is 6.32 Å². The highest BCUT2D eigenvalue weighted by atomic mass is 32.2. The second-order valence-corrected chi connectivity index (χ2v) is 9.23. The molecule has 2 fully saturated rings. The van der Waals surface area contributed by atoms with Crippen molar-refractivity contribution in [3.05, 3.63) is 0 Å². The lowest BCUT2D eigenvalue weighted by Gasteiger charge is -2.32. The fourth-order valence-electron chi connectivity index (χ4n) is 2.41. The number of hydrogen-bond acceptors (Lipinski definition) is 6. The Kier molecular flexibility index (Phi) is 4.94. The fourth-order valence-corrected chi connectivity index (χ4v) is 3.62. The molecule has 22 heavy (non-hydrogen) atoms. The molecular formula is C15H28BNO4S. The summed E-state index contributed by atoms with van der Waals surface area (Å²) < 4.78 is 17.4. The van der Waals surface area contributed by atoms with Crippen molar-refractivity contribution in [2.24, 2.45) is 0 Å². The molecule has 5 nitrogen and oxygen atoms in total. The topological polar surface area (TPSA) is 56.8 Å². The van der Waals surface area contributed by atoms with Gasteiger partial charge in [-0.1, -0.05) is 0 Å². The van der Waals surface area contributed by atoms with Gasteiger partial charge >= 0.3 is 13.1 Å². The first-order valence-corrected chi connectivity index (χ1v) is 8.91. The minimum absolute atomic E-state index is 0.146. The summed E-state index contributed by atoms with van der Waals surface area (Å²) in [5.74, 6) is 0.537. The lowest BCUT2D eigenvalue weighted by Crippen LogP contribution is -2.42. The Morgan fingerprint density at radius 2 is 1.82 bits per heavy atom. The lowest BCUT2D eigenvalue weighted by atomic mass is 9.84. The summed E-state index contributed by atoms with van der Waals surface area (Å²) in [4.78, 5) is 12.1. The van der Waals surface area contributed by atoms with E-state index in [0.717, 1.165) is 12.1 Å². The van der Waals surface area contributed by atoms with Crippen LogP contribution in [0, 0.1) is 0 Å². The number of rotatable bonds is 3. The van der Waals surface area contributed by atoms with Gasteiger partial charge in [0.15, 0.2) is 0 Å². The number of hydrogen-bond donors (Lipinski definition) is 1. The van der Waals surface area contributed by atoms with E-state index in [1.165, 1.54) is 0 Å². The molecule has 0 spiro atoms. The molecule has 2 rings (SSSR count). The van der Waals surface area contributed by atoms with Gasteiger partial charge in [0, 0.05) is 12.1 Å². The largest absolute Gasteiger partial charge is 0.460 e. The summed E-state index contributed by atoms with van der Waals surface area (Å²) in [6.07, 6.45) is 0.719. The zero-order valence-corrected chi connectivity index (χ0v) is 15.5. The van der Waals surface area contributed by atoms with Crippen LogP contribution in [-0.4, -0.2) is 47.1 Å². The predicted molar refractivity (Wildman–Crippen MR) is 89.9 cm³/mol. The van der Waals surface area contributed by atoms with Gasteiger partial charge in [-0.15, -0.1) is 11.8 Å². The summed E-state index contributed by atoms with van der Waals surface area (Å²) >= 11 is 1.72. The van der Waals surface area contributed by atoms with Gasteiger partial charge in [-0.3, -0.25) is 10.1 Å². The zero-order valence-electron chi connectivity index (χ0n) is 14.7. The molecule has 126 valence electrons. The number of esters is 1. The number of thioether (sulfide) groups is 1. The number of carbonyl (C=O) groups excluding carboxylic acids is 1. The van der Waals surface area contributed by atoms with E-state index >= 15 is 0 Å². The minimum atomic E-state index is -0.451. The molecule has 0 aliphatic carbocycles. The van der Waals surface area contributed by atoms with E-state index in [-0.39, 0.29) is 35.7 Å². The molecule has 0 aromatic heterocycles. The maximum absolute atomic E-state index is 12.1. The smallest absolute Gasteiger partial charge is 0.459 e.